The van der Waals surface area contributed by atoms with Gasteiger partial charge in [0.25, 0.3) is 5.91 Å². The van der Waals surface area contributed by atoms with Crippen molar-refractivity contribution in [2.24, 2.45) is 0 Å². The number of benzene rings is 3. The lowest BCUT2D eigenvalue weighted by molar-refractivity contribution is -0.124. The molecule has 3 aromatic rings. The lowest BCUT2D eigenvalue weighted by Crippen LogP contribution is -2.54. The molecule has 1 spiro atoms. The molecule has 3 aliphatic rings. The van der Waals surface area contributed by atoms with Gasteiger partial charge in [0, 0.05) is 43.1 Å². The summed E-state index contributed by atoms with van der Waals surface area (Å²) < 4.78 is 18.6. The molecule has 2 amide bonds. The highest BCUT2D eigenvalue weighted by atomic mass is 32.2. The summed E-state index contributed by atoms with van der Waals surface area (Å²) in [5, 5.41) is 0. The molecule has 6 rings (SSSR count). The van der Waals surface area contributed by atoms with Crippen LogP contribution >= 0.6 is 11.8 Å². The number of anilines is 3. The molecule has 3 aliphatic heterocycles. The second-order valence-corrected chi connectivity index (χ2v) is 10.5. The van der Waals surface area contributed by atoms with Crippen LogP contribution in [0.1, 0.15) is 5.56 Å². The molecular weight excluding hydrogens is 491 g/mol. The summed E-state index contributed by atoms with van der Waals surface area (Å²) in [5.74, 6) is 0.497. The Morgan fingerprint density at radius 1 is 0.892 bits per heavy atom. The molecule has 2 saturated heterocycles. The van der Waals surface area contributed by atoms with Crippen LogP contribution in [0.5, 0.6) is 5.75 Å². The first-order valence-corrected chi connectivity index (χ1v) is 13.3. The predicted molar refractivity (Wildman–Crippen MR) is 144 cm³/mol. The van der Waals surface area contributed by atoms with Crippen molar-refractivity contribution in [1.29, 1.82) is 0 Å². The molecule has 3 aromatic carbocycles. The van der Waals surface area contributed by atoms with Gasteiger partial charge in [0.2, 0.25) is 10.8 Å². The van der Waals surface area contributed by atoms with Crippen molar-refractivity contribution in [3.8, 4) is 5.75 Å². The van der Waals surface area contributed by atoms with E-state index in [2.05, 4.69) is 9.80 Å². The Morgan fingerprint density at radius 3 is 2.27 bits per heavy atom. The number of carbonyl (C=O) groups is 2. The summed E-state index contributed by atoms with van der Waals surface area (Å²) in [7, 11) is 1.60. The molecule has 9 heteroatoms. The van der Waals surface area contributed by atoms with E-state index in [4.69, 9.17) is 4.74 Å². The Morgan fingerprint density at radius 2 is 1.57 bits per heavy atom. The number of rotatable bonds is 5. The second kappa shape index (κ2) is 9.39. The van der Waals surface area contributed by atoms with Crippen molar-refractivity contribution >= 4 is 40.6 Å². The van der Waals surface area contributed by atoms with Gasteiger partial charge in [0.15, 0.2) is 0 Å². The molecule has 0 bridgehead atoms. The average Bonchev–Trinajstić information content (AvgIpc) is 3.40. The number of piperazine rings is 1. The van der Waals surface area contributed by atoms with E-state index in [-0.39, 0.29) is 23.4 Å². The highest BCUT2D eigenvalue weighted by molar-refractivity contribution is 8.02. The van der Waals surface area contributed by atoms with Crippen molar-refractivity contribution in [2.45, 2.75) is 4.87 Å². The fourth-order valence-corrected chi connectivity index (χ4v) is 6.79. The SMILES string of the molecule is COc1ccc(N2C(=O)CSC23C(=O)N(CN2CCN(c4ccc(F)cc4)CC2)c2ccccc23)cc1. The first kappa shape index (κ1) is 23.8. The molecule has 1 unspecified atom stereocenters. The van der Waals surface area contributed by atoms with Gasteiger partial charge in [-0.3, -0.25) is 24.3 Å². The molecule has 7 nitrogen and oxygen atoms in total. The summed E-state index contributed by atoms with van der Waals surface area (Å²) >= 11 is 1.39. The summed E-state index contributed by atoms with van der Waals surface area (Å²) in [5.41, 5.74) is 3.36. The molecular formula is C28H27FN4O3S. The van der Waals surface area contributed by atoms with Gasteiger partial charge >= 0.3 is 0 Å². The van der Waals surface area contributed by atoms with Crippen LogP contribution in [0.25, 0.3) is 0 Å². The van der Waals surface area contributed by atoms with Gasteiger partial charge in [0.05, 0.1) is 25.2 Å². The van der Waals surface area contributed by atoms with Gasteiger partial charge in [-0.25, -0.2) is 4.39 Å². The summed E-state index contributed by atoms with van der Waals surface area (Å²) in [6.07, 6.45) is 0. The van der Waals surface area contributed by atoms with Gasteiger partial charge in [-0.1, -0.05) is 18.2 Å². The highest BCUT2D eigenvalue weighted by Crippen LogP contribution is 2.55. The lowest BCUT2D eigenvalue weighted by Gasteiger charge is -2.38. The van der Waals surface area contributed by atoms with E-state index in [1.807, 2.05) is 53.4 Å². The number of halogens is 1. The maximum absolute atomic E-state index is 14.2. The van der Waals surface area contributed by atoms with Gasteiger partial charge < -0.3 is 9.64 Å². The lowest BCUT2D eigenvalue weighted by atomic mass is 10.0. The first-order valence-electron chi connectivity index (χ1n) is 12.3. The molecule has 1 atom stereocenters. The molecule has 37 heavy (non-hydrogen) atoms. The van der Waals surface area contributed by atoms with Crippen LogP contribution in [-0.4, -0.2) is 62.4 Å². The van der Waals surface area contributed by atoms with Crippen LogP contribution in [0.2, 0.25) is 0 Å². The van der Waals surface area contributed by atoms with Crippen LogP contribution in [0, 0.1) is 5.82 Å². The van der Waals surface area contributed by atoms with Crippen LogP contribution < -0.4 is 19.4 Å². The topological polar surface area (TPSA) is 56.3 Å². The first-order chi connectivity index (χ1) is 18.0. The maximum Gasteiger partial charge on any atom is 0.269 e. The van der Waals surface area contributed by atoms with Gasteiger partial charge in [-0.05, 0) is 54.6 Å². The standard InChI is InChI=1S/C28H27FN4O3S/c1-36-23-12-10-22(11-13-23)33-26(34)18-37-28(33)24-4-2-3-5-25(24)32(27(28)35)19-30-14-16-31(17-15-30)21-8-6-20(29)7-9-21/h2-13H,14-19H2,1H3. The van der Waals surface area contributed by atoms with Gasteiger partial charge in [-0.15, -0.1) is 11.8 Å². The van der Waals surface area contributed by atoms with Gasteiger partial charge in [0.1, 0.15) is 11.6 Å². The van der Waals surface area contributed by atoms with E-state index < -0.39 is 4.87 Å². The molecule has 0 aliphatic carbocycles. The van der Waals surface area contributed by atoms with Crippen molar-refractivity contribution in [3.63, 3.8) is 0 Å². The zero-order valence-corrected chi connectivity index (χ0v) is 21.3. The van der Waals surface area contributed by atoms with Crippen LogP contribution in [0.4, 0.5) is 21.5 Å². The number of methoxy groups -OCH3 is 1. The third kappa shape index (κ3) is 3.93. The van der Waals surface area contributed by atoms with E-state index in [0.29, 0.717) is 18.1 Å². The Kier molecular flexibility index (Phi) is 6.04. The largest absolute Gasteiger partial charge is 0.497 e. The zero-order valence-electron chi connectivity index (χ0n) is 20.5. The van der Waals surface area contributed by atoms with E-state index in [1.54, 1.807) is 24.1 Å². The van der Waals surface area contributed by atoms with Crippen molar-refractivity contribution < 1.29 is 18.7 Å². The van der Waals surface area contributed by atoms with Crippen molar-refractivity contribution in [1.82, 2.24) is 4.90 Å². The third-order valence-corrected chi connectivity index (χ3v) is 8.69. The van der Waals surface area contributed by atoms with E-state index in [1.165, 1.54) is 23.9 Å². The number of hydrogen-bond acceptors (Lipinski definition) is 6. The van der Waals surface area contributed by atoms with Crippen LogP contribution in [0.3, 0.4) is 0 Å². The molecule has 2 fully saturated rings. The number of hydrogen-bond donors (Lipinski definition) is 0. The Hall–Kier alpha value is -3.56. The van der Waals surface area contributed by atoms with Crippen molar-refractivity contribution in [3.05, 3.63) is 84.2 Å². The molecule has 0 aromatic heterocycles. The molecule has 190 valence electrons. The number of fused-ring (bicyclic) bond motifs is 2. The minimum atomic E-state index is -1.13. The molecule has 0 N–H and O–H groups in total. The number of carbonyl (C=O) groups excluding carboxylic acids is 2. The quantitative estimate of drug-likeness (QED) is 0.511. The highest BCUT2D eigenvalue weighted by Gasteiger charge is 2.61. The molecule has 0 radical (unpaired) electrons. The minimum absolute atomic E-state index is 0.0897. The minimum Gasteiger partial charge on any atom is -0.497 e. The Labute approximate surface area is 219 Å². The average molecular weight is 519 g/mol. The van der Waals surface area contributed by atoms with Gasteiger partial charge in [-0.2, -0.15) is 0 Å². The normalized spacial score (nSPS) is 21.7. The second-order valence-electron chi connectivity index (χ2n) is 9.33. The predicted octanol–water partition coefficient (Wildman–Crippen LogP) is 3.89. The molecule has 3 heterocycles. The summed E-state index contributed by atoms with van der Waals surface area (Å²) in [4.78, 5) is 34.3. The number of para-hydroxylation sites is 1. The maximum atomic E-state index is 14.2. The smallest absolute Gasteiger partial charge is 0.269 e. The number of amides is 2. The van der Waals surface area contributed by atoms with E-state index >= 15 is 0 Å². The van der Waals surface area contributed by atoms with E-state index in [0.717, 1.165) is 43.1 Å². The third-order valence-electron chi connectivity index (χ3n) is 7.30. The summed E-state index contributed by atoms with van der Waals surface area (Å²) in [6.45, 7) is 3.55. The summed E-state index contributed by atoms with van der Waals surface area (Å²) in [6, 6.07) is 21.6. The number of ether oxygens (including phenoxy) is 1. The Bertz CT molecular complexity index is 1330. The Balaban J connectivity index is 1.26. The number of thioether (sulfide) groups is 1. The zero-order chi connectivity index (χ0) is 25.6. The molecule has 0 saturated carbocycles. The van der Waals surface area contributed by atoms with E-state index in [9.17, 15) is 14.0 Å². The fourth-order valence-electron chi connectivity index (χ4n) is 5.43. The fraction of sp³-hybridized carbons (Fsp3) is 0.286. The monoisotopic (exact) mass is 518 g/mol. The van der Waals surface area contributed by atoms with Crippen molar-refractivity contribution in [2.75, 3.05) is 60.4 Å². The van der Waals surface area contributed by atoms with Crippen LogP contribution in [-0.2, 0) is 14.5 Å². The number of nitrogens with zero attached hydrogens (tertiary/aromatic N) is 4. The van der Waals surface area contributed by atoms with Crippen LogP contribution in [0.15, 0.2) is 72.8 Å².